The minimum absolute atomic E-state index is 0.0877. The van der Waals surface area contributed by atoms with Gasteiger partial charge in [-0.1, -0.05) is 6.92 Å². The third-order valence-electron chi connectivity index (χ3n) is 4.49. The maximum absolute atomic E-state index is 12.9. The highest BCUT2D eigenvalue weighted by molar-refractivity contribution is 5.46. The average Bonchev–Trinajstić information content (AvgIpc) is 3.02. The number of alkyl halides is 3. The highest BCUT2D eigenvalue weighted by atomic mass is 19.4. The molecular weight excluding hydrogens is 283 g/mol. The molecule has 0 unspecified atom stereocenters. The van der Waals surface area contributed by atoms with Crippen LogP contribution in [0.5, 0.6) is 0 Å². The summed E-state index contributed by atoms with van der Waals surface area (Å²) in [5.74, 6) is -0.619. The quantitative estimate of drug-likeness (QED) is 0.874. The van der Waals surface area contributed by atoms with Crippen molar-refractivity contribution in [2.45, 2.75) is 38.9 Å². The van der Waals surface area contributed by atoms with Gasteiger partial charge in [0, 0.05) is 13.1 Å². The van der Waals surface area contributed by atoms with Crippen LogP contribution in [0.1, 0.15) is 32.5 Å². The number of fused-ring (bicyclic) bond motifs is 1. The van der Waals surface area contributed by atoms with Crippen LogP contribution in [0.4, 0.5) is 19.0 Å². The number of rotatable bonds is 3. The topological polar surface area (TPSA) is 46.3 Å². The van der Waals surface area contributed by atoms with E-state index in [1.807, 2.05) is 11.9 Å². The van der Waals surface area contributed by atoms with E-state index in [4.69, 9.17) is 0 Å². The Morgan fingerprint density at radius 2 is 1.95 bits per heavy atom. The van der Waals surface area contributed by atoms with Crippen molar-refractivity contribution in [1.29, 1.82) is 0 Å². The van der Waals surface area contributed by atoms with Gasteiger partial charge >= 0.3 is 6.18 Å². The zero-order chi connectivity index (χ0) is 15.4. The summed E-state index contributed by atoms with van der Waals surface area (Å²) in [5.41, 5.74) is 0.301. The standard InChI is InChI=1S/C13H16F3N5/c1-8(12(2)6-7-12)20(3)10-5-4-9-17-18-11(13(14,15)16)21(9)19-10/h4-5,8H,6-7H2,1-3H3/t8-/m0/s1. The van der Waals surface area contributed by atoms with Crippen molar-refractivity contribution in [3.63, 3.8) is 0 Å². The van der Waals surface area contributed by atoms with Crippen molar-refractivity contribution in [3.05, 3.63) is 18.0 Å². The lowest BCUT2D eigenvalue weighted by Gasteiger charge is -2.30. The summed E-state index contributed by atoms with van der Waals surface area (Å²) < 4.78 is 39.4. The van der Waals surface area contributed by atoms with Gasteiger partial charge in [0.25, 0.3) is 5.82 Å². The van der Waals surface area contributed by atoms with E-state index in [9.17, 15) is 13.2 Å². The van der Waals surface area contributed by atoms with Crippen molar-refractivity contribution >= 4 is 11.5 Å². The number of anilines is 1. The maximum atomic E-state index is 12.9. The summed E-state index contributed by atoms with van der Waals surface area (Å²) in [4.78, 5) is 1.91. The Morgan fingerprint density at radius 3 is 2.52 bits per heavy atom. The Hall–Kier alpha value is -1.86. The second-order valence-electron chi connectivity index (χ2n) is 5.92. The van der Waals surface area contributed by atoms with Crippen LogP contribution < -0.4 is 4.90 Å². The van der Waals surface area contributed by atoms with E-state index >= 15 is 0 Å². The molecule has 2 aromatic rings. The van der Waals surface area contributed by atoms with Crippen LogP contribution in [0.25, 0.3) is 5.65 Å². The molecule has 114 valence electrons. The molecule has 1 saturated carbocycles. The monoisotopic (exact) mass is 299 g/mol. The van der Waals surface area contributed by atoms with Gasteiger partial charge in [0.1, 0.15) is 5.82 Å². The average molecular weight is 299 g/mol. The highest BCUT2D eigenvalue weighted by Gasteiger charge is 2.44. The highest BCUT2D eigenvalue weighted by Crippen LogP contribution is 2.50. The van der Waals surface area contributed by atoms with Crippen LogP contribution in [0.2, 0.25) is 0 Å². The molecule has 1 aliphatic carbocycles. The van der Waals surface area contributed by atoms with E-state index in [2.05, 4.69) is 29.1 Å². The van der Waals surface area contributed by atoms with Gasteiger partial charge in [0.05, 0.1) is 0 Å². The molecule has 0 radical (unpaired) electrons. The third-order valence-corrected chi connectivity index (χ3v) is 4.49. The fourth-order valence-corrected chi connectivity index (χ4v) is 2.42. The van der Waals surface area contributed by atoms with Gasteiger partial charge in [0.15, 0.2) is 5.65 Å². The normalized spacial score (nSPS) is 18.8. The Bertz CT molecular complexity index is 674. The van der Waals surface area contributed by atoms with E-state index in [1.165, 1.54) is 6.07 Å². The van der Waals surface area contributed by atoms with Crippen molar-refractivity contribution in [3.8, 4) is 0 Å². The maximum Gasteiger partial charge on any atom is 0.453 e. The summed E-state index contributed by atoms with van der Waals surface area (Å²) in [7, 11) is 1.85. The second kappa shape index (κ2) is 4.32. The third kappa shape index (κ3) is 2.32. The number of nitrogens with zero attached hydrogens (tertiary/aromatic N) is 5. The first-order chi connectivity index (χ1) is 9.72. The molecule has 0 spiro atoms. The molecule has 0 saturated heterocycles. The van der Waals surface area contributed by atoms with Gasteiger partial charge in [-0.25, -0.2) is 0 Å². The molecule has 8 heteroatoms. The molecule has 1 aliphatic rings. The lowest BCUT2D eigenvalue weighted by atomic mass is 10.00. The lowest BCUT2D eigenvalue weighted by molar-refractivity contribution is -0.146. The van der Waals surface area contributed by atoms with E-state index in [-0.39, 0.29) is 17.1 Å². The van der Waals surface area contributed by atoms with Gasteiger partial charge in [-0.05, 0) is 37.3 Å². The van der Waals surface area contributed by atoms with Gasteiger partial charge in [-0.2, -0.15) is 17.7 Å². The number of aromatic nitrogens is 4. The first-order valence-corrected chi connectivity index (χ1v) is 6.75. The largest absolute Gasteiger partial charge is 0.453 e. The molecule has 2 aromatic heterocycles. The predicted molar refractivity (Wildman–Crippen MR) is 71.0 cm³/mol. The van der Waals surface area contributed by atoms with Crippen molar-refractivity contribution in [2.75, 3.05) is 11.9 Å². The summed E-state index contributed by atoms with van der Waals surface area (Å²) in [5, 5.41) is 10.7. The van der Waals surface area contributed by atoms with Crippen LogP contribution in [-0.2, 0) is 6.18 Å². The van der Waals surface area contributed by atoms with Gasteiger partial charge < -0.3 is 4.90 Å². The van der Waals surface area contributed by atoms with Gasteiger partial charge in [-0.15, -0.1) is 15.3 Å². The Kier molecular flexibility index (Phi) is 2.90. The van der Waals surface area contributed by atoms with Crippen molar-refractivity contribution in [2.24, 2.45) is 5.41 Å². The van der Waals surface area contributed by atoms with E-state index in [0.29, 0.717) is 5.82 Å². The number of halogens is 3. The summed E-state index contributed by atoms with van der Waals surface area (Å²) in [6.07, 6.45) is -2.32. The zero-order valence-corrected chi connectivity index (χ0v) is 12.0. The van der Waals surface area contributed by atoms with Gasteiger partial charge in [-0.3, -0.25) is 0 Å². The molecule has 0 aromatic carbocycles. The van der Waals surface area contributed by atoms with Crippen LogP contribution in [0, 0.1) is 5.41 Å². The van der Waals surface area contributed by atoms with Crippen molar-refractivity contribution < 1.29 is 13.2 Å². The smallest absolute Gasteiger partial charge is 0.355 e. The molecule has 0 bridgehead atoms. The van der Waals surface area contributed by atoms with Crippen molar-refractivity contribution in [1.82, 2.24) is 19.8 Å². The fourth-order valence-electron chi connectivity index (χ4n) is 2.42. The molecule has 0 N–H and O–H groups in total. The fraction of sp³-hybridized carbons (Fsp3) is 0.615. The first-order valence-electron chi connectivity index (χ1n) is 6.75. The molecule has 3 rings (SSSR count). The molecular formula is C13H16F3N5. The van der Waals surface area contributed by atoms with Crippen LogP contribution >= 0.6 is 0 Å². The Labute approximate surface area is 119 Å². The van der Waals surface area contributed by atoms with Crippen LogP contribution in [-0.4, -0.2) is 32.9 Å². The molecule has 0 aliphatic heterocycles. The SMILES string of the molecule is C[C@H](N(C)c1ccc2nnc(C(F)(F)F)n2n1)C1(C)CC1. The minimum Gasteiger partial charge on any atom is -0.355 e. The summed E-state index contributed by atoms with van der Waals surface area (Å²) in [6, 6.07) is 3.38. The second-order valence-corrected chi connectivity index (χ2v) is 5.92. The molecule has 1 atom stereocenters. The lowest BCUT2D eigenvalue weighted by Crippen LogP contribution is -2.36. The predicted octanol–water partition coefficient (Wildman–Crippen LogP) is 2.77. The number of hydrogen-bond acceptors (Lipinski definition) is 4. The van der Waals surface area contributed by atoms with Crippen LogP contribution in [0.15, 0.2) is 12.1 Å². The molecule has 2 heterocycles. The first kappa shape index (κ1) is 14.1. The Morgan fingerprint density at radius 1 is 1.29 bits per heavy atom. The Balaban J connectivity index is 2.00. The van der Waals surface area contributed by atoms with Gasteiger partial charge in [0.2, 0.25) is 0 Å². The zero-order valence-electron chi connectivity index (χ0n) is 12.0. The van der Waals surface area contributed by atoms with Crippen LogP contribution in [0.3, 0.4) is 0 Å². The van der Waals surface area contributed by atoms with E-state index in [0.717, 1.165) is 17.4 Å². The molecule has 0 amide bonds. The van der Waals surface area contributed by atoms with E-state index < -0.39 is 12.0 Å². The number of hydrogen-bond donors (Lipinski definition) is 0. The van der Waals surface area contributed by atoms with E-state index in [1.54, 1.807) is 6.07 Å². The molecule has 21 heavy (non-hydrogen) atoms. The summed E-state index contributed by atoms with van der Waals surface area (Å²) >= 11 is 0. The molecule has 5 nitrogen and oxygen atoms in total. The summed E-state index contributed by atoms with van der Waals surface area (Å²) in [6.45, 7) is 4.24. The minimum atomic E-state index is -4.57. The molecule has 1 fully saturated rings.